The molecule has 0 saturated carbocycles. The van der Waals surface area contributed by atoms with Gasteiger partial charge in [-0.3, -0.25) is 9.59 Å². The number of aromatic nitrogens is 4. The molecule has 3 N–H and O–H groups in total. The van der Waals surface area contributed by atoms with Crippen molar-refractivity contribution >= 4 is 62.7 Å². The highest BCUT2D eigenvalue weighted by atomic mass is 35.5. The minimum atomic E-state index is -4.66. The van der Waals surface area contributed by atoms with Crippen LogP contribution in [0.3, 0.4) is 0 Å². The first kappa shape index (κ1) is 25.5. The maximum absolute atomic E-state index is 13.1. The number of anilines is 3. The summed E-state index contributed by atoms with van der Waals surface area (Å²) in [6.45, 7) is 1.67. The molecule has 15 heteroatoms. The average Bonchev–Trinajstić information content (AvgIpc) is 3.52. The molecular weight excluding hydrogens is 539 g/mol. The normalized spacial score (nSPS) is 12.1. The van der Waals surface area contributed by atoms with E-state index >= 15 is 0 Å². The van der Waals surface area contributed by atoms with Gasteiger partial charge in [-0.2, -0.15) is 13.2 Å². The molecular formula is C21H15ClF3N7O2S2. The van der Waals surface area contributed by atoms with Crippen LogP contribution in [-0.2, 0) is 6.18 Å². The number of amides is 2. The van der Waals surface area contributed by atoms with Crippen molar-refractivity contribution in [3.8, 4) is 0 Å². The van der Waals surface area contributed by atoms with Crippen LogP contribution in [0.15, 0.2) is 48.4 Å². The standard InChI is InChI=1S/C21H15ClF3N7O2S2/c1-10(30-17(33)14-7-16(29-9-28-14)32-20-26-4-5-35-20)19-27-8-15(36-19)18(34)31-11-2-3-13(22)12(6-11)21(23,24)25/h2-10H,1H3,(H,30,33)(H,31,34)(H,26,28,29,32)/t10-/m1/s1. The largest absolute Gasteiger partial charge is 0.417 e. The first-order valence-corrected chi connectivity index (χ1v) is 12.1. The van der Waals surface area contributed by atoms with E-state index in [2.05, 4.69) is 35.9 Å². The topological polar surface area (TPSA) is 122 Å². The molecule has 9 nitrogen and oxygen atoms in total. The molecule has 0 spiro atoms. The molecule has 0 aliphatic heterocycles. The zero-order valence-electron chi connectivity index (χ0n) is 18.1. The second-order valence-corrected chi connectivity index (χ2v) is 9.52. The molecule has 2 amide bonds. The molecule has 186 valence electrons. The van der Waals surface area contributed by atoms with Gasteiger partial charge in [0.15, 0.2) is 5.13 Å². The van der Waals surface area contributed by atoms with Gasteiger partial charge < -0.3 is 16.0 Å². The summed E-state index contributed by atoms with van der Waals surface area (Å²) in [6, 6.07) is 3.96. The number of hydrogen-bond donors (Lipinski definition) is 3. The van der Waals surface area contributed by atoms with Crippen molar-refractivity contribution < 1.29 is 22.8 Å². The number of thiazole rings is 2. The van der Waals surface area contributed by atoms with Crippen molar-refractivity contribution in [1.82, 2.24) is 25.3 Å². The molecule has 36 heavy (non-hydrogen) atoms. The van der Waals surface area contributed by atoms with E-state index in [4.69, 9.17) is 11.6 Å². The summed E-state index contributed by atoms with van der Waals surface area (Å²) in [4.78, 5) is 41.6. The molecule has 0 unspecified atom stereocenters. The number of rotatable bonds is 7. The van der Waals surface area contributed by atoms with Crippen LogP contribution >= 0.6 is 34.3 Å². The second kappa shape index (κ2) is 10.6. The summed E-state index contributed by atoms with van der Waals surface area (Å²) in [7, 11) is 0. The van der Waals surface area contributed by atoms with Gasteiger partial charge in [0, 0.05) is 23.3 Å². The highest BCUT2D eigenvalue weighted by Gasteiger charge is 2.33. The molecule has 0 bridgehead atoms. The third-order valence-corrected chi connectivity index (χ3v) is 6.76. The van der Waals surface area contributed by atoms with E-state index in [0.717, 1.165) is 23.5 Å². The Bertz CT molecular complexity index is 1400. The molecule has 0 aliphatic rings. The predicted molar refractivity (Wildman–Crippen MR) is 130 cm³/mol. The number of benzene rings is 1. The lowest BCUT2D eigenvalue weighted by Crippen LogP contribution is -2.27. The molecule has 3 aromatic heterocycles. The minimum Gasteiger partial charge on any atom is -0.342 e. The second-order valence-electron chi connectivity index (χ2n) is 7.16. The first-order valence-electron chi connectivity index (χ1n) is 10.0. The van der Waals surface area contributed by atoms with Crippen molar-refractivity contribution in [2.24, 2.45) is 0 Å². The zero-order chi connectivity index (χ0) is 25.9. The van der Waals surface area contributed by atoms with E-state index in [1.54, 1.807) is 18.5 Å². The van der Waals surface area contributed by atoms with Gasteiger partial charge in [-0.1, -0.05) is 11.6 Å². The minimum absolute atomic E-state index is 0.0704. The van der Waals surface area contributed by atoms with E-state index in [-0.39, 0.29) is 16.3 Å². The van der Waals surface area contributed by atoms with Gasteiger partial charge in [-0.25, -0.2) is 19.9 Å². The zero-order valence-corrected chi connectivity index (χ0v) is 20.5. The third kappa shape index (κ3) is 6.13. The highest BCUT2D eigenvalue weighted by molar-refractivity contribution is 7.14. The van der Waals surface area contributed by atoms with E-state index in [1.165, 1.54) is 36.0 Å². The van der Waals surface area contributed by atoms with Crippen LogP contribution in [0, 0.1) is 0 Å². The lowest BCUT2D eigenvalue weighted by atomic mass is 10.2. The fourth-order valence-corrected chi connectivity index (χ4v) is 4.46. The van der Waals surface area contributed by atoms with Gasteiger partial charge in [-0.05, 0) is 25.1 Å². The number of nitrogens with one attached hydrogen (secondary N) is 3. The van der Waals surface area contributed by atoms with Crippen LogP contribution in [-0.4, -0.2) is 31.8 Å². The van der Waals surface area contributed by atoms with Gasteiger partial charge in [0.2, 0.25) is 0 Å². The Kier molecular flexibility index (Phi) is 7.47. The van der Waals surface area contributed by atoms with Crippen LogP contribution in [0.25, 0.3) is 0 Å². The smallest absolute Gasteiger partial charge is 0.342 e. The van der Waals surface area contributed by atoms with Crippen molar-refractivity contribution in [3.05, 3.63) is 74.5 Å². The molecule has 1 atom stereocenters. The van der Waals surface area contributed by atoms with Crippen LogP contribution in [0.2, 0.25) is 5.02 Å². The Hall–Kier alpha value is -3.62. The third-order valence-electron chi connectivity index (χ3n) is 4.56. The maximum Gasteiger partial charge on any atom is 0.417 e. The molecule has 4 aromatic rings. The van der Waals surface area contributed by atoms with Crippen molar-refractivity contribution in [2.45, 2.75) is 19.1 Å². The summed E-state index contributed by atoms with van der Waals surface area (Å²) in [5, 5.41) is 10.4. The van der Waals surface area contributed by atoms with E-state index < -0.39 is 34.6 Å². The van der Waals surface area contributed by atoms with E-state index in [9.17, 15) is 22.8 Å². The Balaban J connectivity index is 1.40. The molecule has 0 fully saturated rings. The molecule has 3 heterocycles. The first-order chi connectivity index (χ1) is 17.1. The Labute approximate surface area is 214 Å². The predicted octanol–water partition coefficient (Wildman–Crippen LogP) is 5.55. The Morgan fingerprint density at radius 3 is 2.61 bits per heavy atom. The van der Waals surface area contributed by atoms with Crippen molar-refractivity contribution in [2.75, 3.05) is 10.6 Å². The Morgan fingerprint density at radius 1 is 1.08 bits per heavy atom. The van der Waals surface area contributed by atoms with Gasteiger partial charge in [-0.15, -0.1) is 22.7 Å². The van der Waals surface area contributed by atoms with E-state index in [1.807, 2.05) is 0 Å². The van der Waals surface area contributed by atoms with E-state index in [0.29, 0.717) is 16.0 Å². The Morgan fingerprint density at radius 2 is 1.89 bits per heavy atom. The van der Waals surface area contributed by atoms with Crippen LogP contribution < -0.4 is 16.0 Å². The fraction of sp³-hybridized carbons (Fsp3) is 0.143. The van der Waals surface area contributed by atoms with Crippen LogP contribution in [0.4, 0.5) is 29.8 Å². The molecule has 4 rings (SSSR count). The SMILES string of the molecule is C[C@@H](NC(=O)c1cc(Nc2nccs2)ncn1)c1ncc(C(=O)Nc2ccc(Cl)c(C(F)(F)F)c2)s1. The monoisotopic (exact) mass is 553 g/mol. The summed E-state index contributed by atoms with van der Waals surface area (Å²) in [6.07, 6.45) is -0.520. The number of carbonyl (C=O) groups is 2. The number of carbonyl (C=O) groups excluding carboxylic acids is 2. The number of alkyl halides is 3. The quantitative estimate of drug-likeness (QED) is 0.274. The van der Waals surface area contributed by atoms with Gasteiger partial charge in [0.1, 0.15) is 27.7 Å². The maximum atomic E-state index is 13.1. The fourth-order valence-electron chi connectivity index (χ4n) is 2.88. The number of halogens is 4. The van der Waals surface area contributed by atoms with Gasteiger partial charge in [0.25, 0.3) is 11.8 Å². The van der Waals surface area contributed by atoms with Crippen molar-refractivity contribution in [3.63, 3.8) is 0 Å². The summed E-state index contributed by atoms with van der Waals surface area (Å²) >= 11 is 7.96. The van der Waals surface area contributed by atoms with Crippen LogP contribution in [0.5, 0.6) is 0 Å². The van der Waals surface area contributed by atoms with Crippen molar-refractivity contribution in [1.29, 1.82) is 0 Å². The summed E-state index contributed by atoms with van der Waals surface area (Å²) < 4.78 is 39.2. The lowest BCUT2D eigenvalue weighted by Gasteiger charge is -2.12. The molecule has 0 saturated heterocycles. The van der Waals surface area contributed by atoms with Gasteiger partial charge >= 0.3 is 6.18 Å². The summed E-state index contributed by atoms with van der Waals surface area (Å²) in [5.74, 6) is -0.752. The number of hydrogen-bond acceptors (Lipinski definition) is 9. The number of nitrogens with zero attached hydrogens (tertiary/aromatic N) is 4. The van der Waals surface area contributed by atoms with Gasteiger partial charge in [0.05, 0.1) is 22.8 Å². The molecule has 1 aromatic carbocycles. The molecule has 0 radical (unpaired) electrons. The lowest BCUT2D eigenvalue weighted by molar-refractivity contribution is -0.137. The molecule has 0 aliphatic carbocycles. The van der Waals surface area contributed by atoms with Crippen LogP contribution in [0.1, 0.15) is 43.7 Å². The highest BCUT2D eigenvalue weighted by Crippen LogP contribution is 2.36. The average molecular weight is 554 g/mol. The summed E-state index contributed by atoms with van der Waals surface area (Å²) in [5.41, 5.74) is -1.02.